The first-order valence-electron chi connectivity index (χ1n) is 12.9. The van der Waals surface area contributed by atoms with Gasteiger partial charge in [-0.1, -0.05) is 66.7 Å². The molecular weight excluding hydrogens is 466 g/mol. The Morgan fingerprint density at radius 2 is 1.54 bits per heavy atom. The van der Waals surface area contributed by atoms with E-state index in [4.69, 9.17) is 0 Å². The molecule has 2 saturated heterocycles. The van der Waals surface area contributed by atoms with Crippen LogP contribution >= 0.6 is 0 Å². The van der Waals surface area contributed by atoms with Crippen molar-refractivity contribution in [3.05, 3.63) is 78.4 Å². The van der Waals surface area contributed by atoms with Crippen LogP contribution in [0.2, 0.25) is 0 Å². The van der Waals surface area contributed by atoms with Gasteiger partial charge in [0.05, 0.1) is 13.0 Å². The summed E-state index contributed by atoms with van der Waals surface area (Å²) in [5.74, 6) is -0.666. The quantitative estimate of drug-likeness (QED) is 0.521. The zero-order valence-corrected chi connectivity index (χ0v) is 20.9. The second-order valence-electron chi connectivity index (χ2n) is 9.71. The maximum Gasteiger partial charge on any atom is 0.243 e. The van der Waals surface area contributed by atoms with E-state index in [2.05, 4.69) is 44.7 Å². The number of benzene rings is 3. The number of nitrogens with one attached hydrogen (secondary N) is 2. The molecule has 0 aromatic heterocycles. The number of fused-ring (bicyclic) bond motifs is 1. The molecule has 0 unspecified atom stereocenters. The van der Waals surface area contributed by atoms with Crippen molar-refractivity contribution < 1.29 is 14.4 Å². The van der Waals surface area contributed by atoms with Gasteiger partial charge in [-0.15, -0.1) is 0 Å². The smallest absolute Gasteiger partial charge is 0.243 e. The van der Waals surface area contributed by atoms with Crippen LogP contribution in [-0.4, -0.2) is 84.3 Å². The molecule has 1 atom stereocenters. The predicted molar refractivity (Wildman–Crippen MR) is 144 cm³/mol. The lowest BCUT2D eigenvalue weighted by Gasteiger charge is -2.38. The molecule has 0 bridgehead atoms. The molecule has 3 amide bonds. The first-order valence-corrected chi connectivity index (χ1v) is 12.9. The van der Waals surface area contributed by atoms with E-state index < -0.39 is 6.04 Å². The first-order chi connectivity index (χ1) is 18.1. The maximum absolute atomic E-state index is 13.3. The van der Waals surface area contributed by atoms with E-state index in [-0.39, 0.29) is 30.7 Å². The lowest BCUT2D eigenvalue weighted by molar-refractivity contribution is -0.145. The molecule has 0 aliphatic carbocycles. The number of nitrogens with zero attached hydrogens (tertiary/aromatic N) is 3. The minimum absolute atomic E-state index is 0.0777. The highest BCUT2D eigenvalue weighted by Crippen LogP contribution is 2.23. The number of carbonyl (C=O) groups is 3. The van der Waals surface area contributed by atoms with E-state index in [0.29, 0.717) is 18.8 Å². The van der Waals surface area contributed by atoms with Crippen LogP contribution in [0.4, 0.5) is 5.69 Å². The van der Waals surface area contributed by atoms with Gasteiger partial charge in [0.15, 0.2) is 0 Å². The highest BCUT2D eigenvalue weighted by atomic mass is 16.2. The molecule has 2 aliphatic rings. The van der Waals surface area contributed by atoms with Crippen LogP contribution < -0.4 is 10.6 Å². The Morgan fingerprint density at radius 3 is 2.35 bits per heavy atom. The molecule has 2 N–H and O–H groups in total. The van der Waals surface area contributed by atoms with E-state index in [1.165, 1.54) is 5.56 Å². The molecule has 0 spiro atoms. The second kappa shape index (κ2) is 11.5. The molecular formula is C29H33N5O3. The maximum atomic E-state index is 13.3. The average molecular weight is 500 g/mol. The van der Waals surface area contributed by atoms with Gasteiger partial charge in [0.1, 0.15) is 6.04 Å². The van der Waals surface area contributed by atoms with Gasteiger partial charge in [-0.25, -0.2) is 0 Å². The van der Waals surface area contributed by atoms with Crippen molar-refractivity contribution in [2.45, 2.75) is 19.0 Å². The van der Waals surface area contributed by atoms with Gasteiger partial charge in [0, 0.05) is 56.9 Å². The molecule has 2 heterocycles. The van der Waals surface area contributed by atoms with Crippen molar-refractivity contribution in [1.82, 2.24) is 20.0 Å². The minimum Gasteiger partial charge on any atom is -0.353 e. The molecule has 3 aromatic rings. The van der Waals surface area contributed by atoms with Crippen LogP contribution in [0.3, 0.4) is 0 Å². The van der Waals surface area contributed by atoms with Gasteiger partial charge < -0.3 is 15.5 Å². The lowest BCUT2D eigenvalue weighted by atomic mass is 10.1. The summed E-state index contributed by atoms with van der Waals surface area (Å²) in [6.45, 7) is 5.34. The van der Waals surface area contributed by atoms with Crippen molar-refractivity contribution in [2.24, 2.45) is 0 Å². The summed E-state index contributed by atoms with van der Waals surface area (Å²) in [7, 11) is 0. The highest BCUT2D eigenvalue weighted by Gasteiger charge is 2.35. The largest absolute Gasteiger partial charge is 0.353 e. The number of piperazine rings is 2. The fraction of sp³-hybridized carbons (Fsp3) is 0.345. The Morgan fingerprint density at radius 1 is 0.838 bits per heavy atom. The van der Waals surface area contributed by atoms with Crippen LogP contribution in [0.5, 0.6) is 0 Å². The zero-order valence-electron chi connectivity index (χ0n) is 20.9. The average Bonchev–Trinajstić information content (AvgIpc) is 2.92. The van der Waals surface area contributed by atoms with E-state index in [1.54, 1.807) is 4.90 Å². The number of hydrogen-bond acceptors (Lipinski definition) is 5. The molecule has 3 aromatic carbocycles. The Kier molecular flexibility index (Phi) is 7.77. The number of amides is 3. The predicted octanol–water partition coefficient (Wildman–Crippen LogP) is 2.31. The van der Waals surface area contributed by atoms with Crippen LogP contribution in [0.1, 0.15) is 12.0 Å². The van der Waals surface area contributed by atoms with Crippen molar-refractivity contribution >= 4 is 34.2 Å². The summed E-state index contributed by atoms with van der Waals surface area (Å²) < 4.78 is 0. The van der Waals surface area contributed by atoms with Crippen LogP contribution in [0, 0.1) is 0 Å². The van der Waals surface area contributed by atoms with Crippen LogP contribution in [-0.2, 0) is 20.9 Å². The topological polar surface area (TPSA) is 85.0 Å². The molecule has 2 aliphatic heterocycles. The Balaban J connectivity index is 1.17. The Bertz CT molecular complexity index is 1250. The monoisotopic (exact) mass is 499 g/mol. The summed E-state index contributed by atoms with van der Waals surface area (Å²) in [4.78, 5) is 45.1. The molecule has 0 radical (unpaired) electrons. The van der Waals surface area contributed by atoms with Crippen molar-refractivity contribution in [1.29, 1.82) is 0 Å². The molecule has 5 rings (SSSR count). The Labute approximate surface area is 217 Å². The fourth-order valence-corrected chi connectivity index (χ4v) is 5.16. The standard InChI is InChI=1S/C29H33N5O3/c35-27(31-25-12-6-10-23-9-4-5-11-24(23)25)19-26-29(37)30-13-14-34(26)28(36)21-33-17-15-32(16-18-33)20-22-7-2-1-3-8-22/h1-12,26H,13-21H2,(H,30,37)(H,31,35)/t26-/m1/s1. The molecule has 8 nitrogen and oxygen atoms in total. The third kappa shape index (κ3) is 6.15. The summed E-state index contributed by atoms with van der Waals surface area (Å²) >= 11 is 0. The fourth-order valence-electron chi connectivity index (χ4n) is 5.16. The number of hydrogen-bond donors (Lipinski definition) is 2. The summed E-state index contributed by atoms with van der Waals surface area (Å²) in [6, 6.07) is 23.1. The van der Waals surface area contributed by atoms with Crippen LogP contribution in [0.15, 0.2) is 72.8 Å². The van der Waals surface area contributed by atoms with Gasteiger partial charge in [-0.2, -0.15) is 0 Å². The van der Waals surface area contributed by atoms with E-state index in [0.717, 1.165) is 43.5 Å². The molecule has 192 valence electrons. The minimum atomic E-state index is -0.810. The zero-order chi connectivity index (χ0) is 25.6. The summed E-state index contributed by atoms with van der Waals surface area (Å²) in [5, 5.41) is 7.72. The first kappa shape index (κ1) is 24.9. The van der Waals surface area contributed by atoms with E-state index in [1.807, 2.05) is 48.5 Å². The summed E-state index contributed by atoms with van der Waals surface area (Å²) in [6.07, 6.45) is -0.0777. The highest BCUT2D eigenvalue weighted by molar-refractivity contribution is 6.04. The lowest BCUT2D eigenvalue weighted by Crippen LogP contribution is -2.60. The van der Waals surface area contributed by atoms with E-state index >= 15 is 0 Å². The van der Waals surface area contributed by atoms with E-state index in [9.17, 15) is 14.4 Å². The number of rotatable bonds is 7. The molecule has 8 heteroatoms. The van der Waals surface area contributed by atoms with Crippen molar-refractivity contribution in [3.63, 3.8) is 0 Å². The van der Waals surface area contributed by atoms with Gasteiger partial charge in [-0.05, 0) is 17.0 Å². The Hall–Kier alpha value is -3.75. The van der Waals surface area contributed by atoms with Crippen molar-refractivity contribution in [3.8, 4) is 0 Å². The second-order valence-corrected chi connectivity index (χ2v) is 9.71. The van der Waals surface area contributed by atoms with Gasteiger partial charge in [-0.3, -0.25) is 24.2 Å². The van der Waals surface area contributed by atoms with Gasteiger partial charge in [0.25, 0.3) is 0 Å². The van der Waals surface area contributed by atoms with Gasteiger partial charge >= 0.3 is 0 Å². The molecule has 37 heavy (non-hydrogen) atoms. The normalized spacial score (nSPS) is 19.0. The van der Waals surface area contributed by atoms with Crippen LogP contribution in [0.25, 0.3) is 10.8 Å². The summed E-state index contributed by atoms with van der Waals surface area (Å²) in [5.41, 5.74) is 1.99. The molecule has 2 fully saturated rings. The van der Waals surface area contributed by atoms with Gasteiger partial charge in [0.2, 0.25) is 17.7 Å². The van der Waals surface area contributed by atoms with Crippen molar-refractivity contribution in [2.75, 3.05) is 51.1 Å². The molecule has 0 saturated carbocycles. The number of carbonyl (C=O) groups excluding carboxylic acids is 3. The SMILES string of the molecule is O=C(C[C@@H]1C(=O)NCCN1C(=O)CN1CCN(Cc2ccccc2)CC1)Nc1cccc2ccccc12. The third-order valence-electron chi connectivity index (χ3n) is 7.17. The number of anilines is 1. The third-order valence-corrected chi connectivity index (χ3v) is 7.17.